The molecule has 1 aromatic rings. The molecule has 0 aliphatic carbocycles. The van der Waals surface area contributed by atoms with Gasteiger partial charge in [-0.3, -0.25) is 9.78 Å². The molecule has 0 spiro atoms. The van der Waals surface area contributed by atoms with Gasteiger partial charge in [0.2, 0.25) is 5.91 Å². The number of amides is 1. The number of hydrogen-bond acceptors (Lipinski definition) is 5. The molecule has 0 saturated carbocycles. The number of piperidine rings is 1. The number of fused-ring (bicyclic) bond motifs is 1. The van der Waals surface area contributed by atoms with E-state index in [0.717, 1.165) is 51.2 Å². The van der Waals surface area contributed by atoms with Crippen molar-refractivity contribution in [2.45, 2.75) is 25.4 Å². The number of rotatable bonds is 7. The van der Waals surface area contributed by atoms with E-state index >= 15 is 0 Å². The van der Waals surface area contributed by atoms with E-state index in [4.69, 9.17) is 9.47 Å². The third-order valence-electron chi connectivity index (χ3n) is 5.31. The van der Waals surface area contributed by atoms with Crippen molar-refractivity contribution >= 4 is 5.91 Å². The highest BCUT2D eigenvalue weighted by atomic mass is 16.5. The van der Waals surface area contributed by atoms with Crippen molar-refractivity contribution in [2.24, 2.45) is 11.8 Å². The first-order chi connectivity index (χ1) is 12.3. The van der Waals surface area contributed by atoms with E-state index in [1.165, 1.54) is 0 Å². The third-order valence-corrected chi connectivity index (χ3v) is 5.31. The Morgan fingerprint density at radius 2 is 2.36 bits per heavy atom. The largest absolute Gasteiger partial charge is 0.383 e. The Kier molecular flexibility index (Phi) is 6.78. The molecule has 3 heterocycles. The summed E-state index contributed by atoms with van der Waals surface area (Å²) in [5.41, 5.74) is 1.01. The summed E-state index contributed by atoms with van der Waals surface area (Å²) in [6, 6.07) is 5.87. The summed E-state index contributed by atoms with van der Waals surface area (Å²) >= 11 is 0. The summed E-state index contributed by atoms with van der Waals surface area (Å²) in [7, 11) is 1.73. The molecule has 6 heteroatoms. The molecule has 25 heavy (non-hydrogen) atoms. The lowest BCUT2D eigenvalue weighted by Crippen LogP contribution is -2.53. The fourth-order valence-electron chi connectivity index (χ4n) is 3.92. The molecule has 1 aromatic heterocycles. The van der Waals surface area contributed by atoms with Gasteiger partial charge in [-0.25, -0.2) is 0 Å². The number of nitrogens with zero attached hydrogens (tertiary/aromatic N) is 2. The highest BCUT2D eigenvalue weighted by Crippen LogP contribution is 2.33. The molecule has 6 nitrogen and oxygen atoms in total. The number of carbonyl (C=O) groups is 1. The van der Waals surface area contributed by atoms with Gasteiger partial charge in [0, 0.05) is 70.0 Å². The van der Waals surface area contributed by atoms with E-state index in [0.29, 0.717) is 13.2 Å². The Morgan fingerprint density at radius 3 is 3.16 bits per heavy atom. The van der Waals surface area contributed by atoms with Crippen LogP contribution in [0.15, 0.2) is 24.4 Å². The van der Waals surface area contributed by atoms with Gasteiger partial charge in [-0.05, 0) is 25.0 Å². The molecule has 1 N–H and O–H groups in total. The van der Waals surface area contributed by atoms with E-state index in [9.17, 15) is 4.79 Å². The predicted octanol–water partition coefficient (Wildman–Crippen LogP) is 1.11. The van der Waals surface area contributed by atoms with E-state index in [1.807, 2.05) is 18.2 Å². The number of methoxy groups -OCH3 is 1. The second kappa shape index (κ2) is 9.27. The van der Waals surface area contributed by atoms with Gasteiger partial charge in [0.1, 0.15) is 0 Å². The second-order valence-corrected chi connectivity index (χ2v) is 6.91. The fourth-order valence-corrected chi connectivity index (χ4v) is 3.92. The van der Waals surface area contributed by atoms with E-state index in [1.54, 1.807) is 13.3 Å². The van der Waals surface area contributed by atoms with Crippen LogP contribution in [0.1, 0.15) is 18.5 Å². The zero-order chi connectivity index (χ0) is 17.5. The van der Waals surface area contributed by atoms with Crippen LogP contribution in [-0.2, 0) is 20.7 Å². The standard InChI is InChI=1S/C19H29N3O3/c1-24-13-11-22-10-6-18-17(14-22)16(7-12-25-18)19(23)21-9-5-15-4-2-3-8-20-15/h2-4,8,16-18H,5-7,9-14H2,1H3,(H,21,23)/t16-,17+,18-/m1/s1. The van der Waals surface area contributed by atoms with Crippen molar-refractivity contribution in [3.63, 3.8) is 0 Å². The number of carbonyl (C=O) groups excluding carboxylic acids is 1. The lowest BCUT2D eigenvalue weighted by atomic mass is 9.79. The van der Waals surface area contributed by atoms with E-state index < -0.39 is 0 Å². The van der Waals surface area contributed by atoms with Crippen molar-refractivity contribution in [1.82, 2.24) is 15.2 Å². The molecule has 0 radical (unpaired) electrons. The van der Waals surface area contributed by atoms with Crippen molar-refractivity contribution in [3.8, 4) is 0 Å². The number of likely N-dealkylation sites (tertiary alicyclic amines) is 1. The average molecular weight is 347 g/mol. The average Bonchev–Trinajstić information content (AvgIpc) is 2.66. The highest BCUT2D eigenvalue weighted by Gasteiger charge is 2.41. The molecular weight excluding hydrogens is 318 g/mol. The zero-order valence-corrected chi connectivity index (χ0v) is 15.0. The van der Waals surface area contributed by atoms with Gasteiger partial charge in [-0.15, -0.1) is 0 Å². The molecule has 1 amide bonds. The predicted molar refractivity (Wildman–Crippen MR) is 95.2 cm³/mol. The molecule has 0 aromatic carbocycles. The Hall–Kier alpha value is -1.50. The van der Waals surface area contributed by atoms with Crippen LogP contribution in [-0.4, -0.2) is 68.4 Å². The first-order valence-electron chi connectivity index (χ1n) is 9.28. The smallest absolute Gasteiger partial charge is 0.223 e. The molecule has 0 unspecified atom stereocenters. The summed E-state index contributed by atoms with van der Waals surface area (Å²) in [6.07, 6.45) is 4.60. The van der Waals surface area contributed by atoms with Gasteiger partial charge in [0.05, 0.1) is 12.7 Å². The van der Waals surface area contributed by atoms with Crippen LogP contribution in [0.5, 0.6) is 0 Å². The number of nitrogens with one attached hydrogen (secondary N) is 1. The minimum atomic E-state index is 0.0489. The highest BCUT2D eigenvalue weighted by molar-refractivity contribution is 5.79. The van der Waals surface area contributed by atoms with Crippen molar-refractivity contribution in [2.75, 3.05) is 46.5 Å². The van der Waals surface area contributed by atoms with Crippen LogP contribution in [0.25, 0.3) is 0 Å². The van der Waals surface area contributed by atoms with Gasteiger partial charge < -0.3 is 19.7 Å². The van der Waals surface area contributed by atoms with Crippen LogP contribution >= 0.6 is 0 Å². The van der Waals surface area contributed by atoms with E-state index in [-0.39, 0.29) is 23.8 Å². The maximum absolute atomic E-state index is 12.7. The zero-order valence-electron chi connectivity index (χ0n) is 15.0. The Balaban J connectivity index is 1.51. The van der Waals surface area contributed by atoms with Gasteiger partial charge in [-0.2, -0.15) is 0 Å². The first-order valence-corrected chi connectivity index (χ1v) is 9.28. The van der Waals surface area contributed by atoms with Crippen LogP contribution in [0.2, 0.25) is 0 Å². The molecular formula is C19H29N3O3. The normalized spacial score (nSPS) is 26.8. The molecule has 3 atom stereocenters. The second-order valence-electron chi connectivity index (χ2n) is 6.91. The molecule has 2 saturated heterocycles. The van der Waals surface area contributed by atoms with Gasteiger partial charge in [0.15, 0.2) is 0 Å². The third kappa shape index (κ3) is 5.00. The number of ether oxygens (including phenoxy) is 2. The quantitative estimate of drug-likeness (QED) is 0.801. The maximum Gasteiger partial charge on any atom is 0.223 e. The molecule has 2 aliphatic rings. The maximum atomic E-state index is 12.7. The summed E-state index contributed by atoms with van der Waals surface area (Å²) in [5.74, 6) is 0.504. The summed E-state index contributed by atoms with van der Waals surface area (Å²) < 4.78 is 11.1. The number of pyridine rings is 1. The molecule has 3 rings (SSSR count). The topological polar surface area (TPSA) is 63.7 Å². The SMILES string of the molecule is COCCN1CC[C@H]2OCC[C@@H](C(=O)NCCc3ccccn3)[C@@H]2C1. The van der Waals surface area contributed by atoms with Crippen LogP contribution in [0.3, 0.4) is 0 Å². The van der Waals surface area contributed by atoms with Gasteiger partial charge >= 0.3 is 0 Å². The van der Waals surface area contributed by atoms with E-state index in [2.05, 4.69) is 15.2 Å². The van der Waals surface area contributed by atoms with Crippen molar-refractivity contribution in [3.05, 3.63) is 30.1 Å². The Morgan fingerprint density at radius 1 is 1.44 bits per heavy atom. The molecule has 138 valence electrons. The molecule has 2 aliphatic heterocycles. The molecule has 0 bridgehead atoms. The minimum Gasteiger partial charge on any atom is -0.383 e. The lowest BCUT2D eigenvalue weighted by molar-refractivity contribution is -0.142. The van der Waals surface area contributed by atoms with Crippen molar-refractivity contribution in [1.29, 1.82) is 0 Å². The summed E-state index contributed by atoms with van der Waals surface area (Å²) in [4.78, 5) is 19.4. The van der Waals surface area contributed by atoms with Gasteiger partial charge in [-0.1, -0.05) is 6.07 Å². The summed E-state index contributed by atoms with van der Waals surface area (Å²) in [5, 5.41) is 3.11. The summed E-state index contributed by atoms with van der Waals surface area (Å²) in [6.45, 7) is 4.94. The number of aromatic nitrogens is 1. The van der Waals surface area contributed by atoms with Crippen LogP contribution in [0.4, 0.5) is 0 Å². The van der Waals surface area contributed by atoms with Crippen LogP contribution < -0.4 is 5.32 Å². The van der Waals surface area contributed by atoms with Crippen molar-refractivity contribution < 1.29 is 14.3 Å². The minimum absolute atomic E-state index is 0.0489. The monoisotopic (exact) mass is 347 g/mol. The van der Waals surface area contributed by atoms with Crippen LogP contribution in [0, 0.1) is 11.8 Å². The van der Waals surface area contributed by atoms with Gasteiger partial charge in [0.25, 0.3) is 0 Å². The molecule has 2 fully saturated rings. The first kappa shape index (κ1) is 18.3. The Bertz CT molecular complexity index is 540. The Labute approximate surface area is 149 Å². The fraction of sp³-hybridized carbons (Fsp3) is 0.684. The lowest BCUT2D eigenvalue weighted by Gasteiger charge is -2.44. The number of hydrogen-bond donors (Lipinski definition) is 1.